The zero-order valence-electron chi connectivity index (χ0n) is 20.0. The van der Waals surface area contributed by atoms with Gasteiger partial charge in [-0.15, -0.1) is 0 Å². The Morgan fingerprint density at radius 3 is 2.49 bits per heavy atom. The monoisotopic (exact) mass is 494 g/mol. The van der Waals surface area contributed by atoms with E-state index in [0.29, 0.717) is 17.1 Å². The van der Waals surface area contributed by atoms with Gasteiger partial charge in [0.25, 0.3) is 0 Å². The number of carbonyl (C=O) groups excluding carboxylic acids is 3. The van der Waals surface area contributed by atoms with E-state index >= 15 is 0 Å². The second-order valence-corrected chi connectivity index (χ2v) is 10.3. The van der Waals surface area contributed by atoms with E-state index < -0.39 is 5.41 Å². The molecule has 0 radical (unpaired) electrons. The van der Waals surface area contributed by atoms with Crippen LogP contribution in [0.15, 0.2) is 48.5 Å². The minimum Gasteiger partial charge on any atom is -0.496 e. The van der Waals surface area contributed by atoms with Crippen LogP contribution in [-0.4, -0.2) is 47.2 Å². The Morgan fingerprint density at radius 2 is 1.74 bits per heavy atom. The second kappa shape index (κ2) is 9.65. The van der Waals surface area contributed by atoms with E-state index in [1.807, 2.05) is 35.2 Å². The van der Waals surface area contributed by atoms with Gasteiger partial charge in [-0.3, -0.25) is 19.3 Å². The summed E-state index contributed by atoms with van der Waals surface area (Å²) in [7, 11) is 1.63. The van der Waals surface area contributed by atoms with Gasteiger partial charge >= 0.3 is 0 Å². The third-order valence-corrected chi connectivity index (χ3v) is 8.28. The van der Waals surface area contributed by atoms with E-state index in [1.54, 1.807) is 25.3 Å². The standard InChI is InChI=1S/C28H31ClN2O4/c1-35-24-15-7-4-11-20(24)23-14-8-16-30(23)25(32)17-28(21-12-5-6-13-22(21)29)18-26(33)31(27(28)34)19-9-2-3-10-19/h4-7,11-13,15,19,23H,2-3,8-10,14,16-18H2,1H3. The number of imide groups is 1. The summed E-state index contributed by atoms with van der Waals surface area (Å²) in [6.07, 6.45) is 5.27. The Bertz CT molecular complexity index is 1150. The van der Waals surface area contributed by atoms with Gasteiger partial charge in [-0.05, 0) is 43.4 Å². The van der Waals surface area contributed by atoms with Crippen LogP contribution >= 0.6 is 11.6 Å². The Kier molecular flexibility index (Phi) is 6.58. The first-order valence-electron chi connectivity index (χ1n) is 12.5. The van der Waals surface area contributed by atoms with Gasteiger partial charge in [0, 0.05) is 36.0 Å². The maximum atomic E-state index is 14.0. The molecule has 6 nitrogen and oxygen atoms in total. The number of hydrogen-bond donors (Lipinski definition) is 0. The Balaban J connectivity index is 1.50. The van der Waals surface area contributed by atoms with Crippen molar-refractivity contribution in [2.75, 3.05) is 13.7 Å². The van der Waals surface area contributed by atoms with Crippen molar-refractivity contribution in [2.45, 2.75) is 68.9 Å². The van der Waals surface area contributed by atoms with E-state index in [-0.39, 0.29) is 42.6 Å². The number of halogens is 1. The average molecular weight is 495 g/mol. The molecule has 0 bridgehead atoms. The lowest BCUT2D eigenvalue weighted by Crippen LogP contribution is -2.46. The molecule has 1 aliphatic carbocycles. The number of para-hydroxylation sites is 1. The fourth-order valence-electron chi connectivity index (χ4n) is 6.28. The second-order valence-electron chi connectivity index (χ2n) is 9.91. The number of nitrogens with zero attached hydrogens (tertiary/aromatic N) is 2. The summed E-state index contributed by atoms with van der Waals surface area (Å²) in [6.45, 7) is 0.606. The summed E-state index contributed by atoms with van der Waals surface area (Å²) in [5, 5.41) is 0.414. The number of rotatable bonds is 6. The van der Waals surface area contributed by atoms with Crippen molar-refractivity contribution in [3.63, 3.8) is 0 Å². The normalized spacial score (nSPS) is 25.0. The molecule has 7 heteroatoms. The molecule has 0 spiro atoms. The van der Waals surface area contributed by atoms with Crippen LogP contribution in [0, 0.1) is 0 Å². The number of benzene rings is 2. The topological polar surface area (TPSA) is 66.9 Å². The summed E-state index contributed by atoms with van der Waals surface area (Å²) in [5.74, 6) is 0.145. The quantitative estimate of drug-likeness (QED) is 0.527. The smallest absolute Gasteiger partial charge is 0.241 e. The van der Waals surface area contributed by atoms with Crippen molar-refractivity contribution < 1.29 is 19.1 Å². The third kappa shape index (κ3) is 4.12. The van der Waals surface area contributed by atoms with Crippen molar-refractivity contribution in [3.8, 4) is 5.75 Å². The van der Waals surface area contributed by atoms with Crippen LogP contribution in [0.4, 0.5) is 0 Å². The van der Waals surface area contributed by atoms with Gasteiger partial charge in [-0.1, -0.05) is 60.8 Å². The molecule has 3 fully saturated rings. The predicted molar refractivity (Wildman–Crippen MR) is 133 cm³/mol. The molecule has 184 valence electrons. The number of methoxy groups -OCH3 is 1. The lowest BCUT2D eigenvalue weighted by atomic mass is 9.75. The molecule has 2 aromatic carbocycles. The van der Waals surface area contributed by atoms with E-state index in [9.17, 15) is 14.4 Å². The van der Waals surface area contributed by atoms with E-state index in [4.69, 9.17) is 16.3 Å². The minimum atomic E-state index is -1.27. The number of likely N-dealkylation sites (tertiary alicyclic amines) is 2. The molecule has 3 amide bonds. The highest BCUT2D eigenvalue weighted by atomic mass is 35.5. The molecule has 2 aliphatic heterocycles. The Labute approximate surface area is 211 Å². The van der Waals surface area contributed by atoms with Gasteiger partial charge in [0.15, 0.2) is 0 Å². The maximum Gasteiger partial charge on any atom is 0.241 e. The summed E-state index contributed by atoms with van der Waals surface area (Å²) in [4.78, 5) is 44.5. The van der Waals surface area contributed by atoms with Gasteiger partial charge in [0.1, 0.15) is 5.75 Å². The highest BCUT2D eigenvalue weighted by Crippen LogP contribution is 2.46. The fourth-order valence-corrected chi connectivity index (χ4v) is 6.59. The molecule has 2 unspecified atom stereocenters. The minimum absolute atomic E-state index is 0.0228. The first kappa shape index (κ1) is 23.9. The summed E-state index contributed by atoms with van der Waals surface area (Å²) >= 11 is 6.60. The van der Waals surface area contributed by atoms with Crippen LogP contribution in [0.2, 0.25) is 5.02 Å². The van der Waals surface area contributed by atoms with Crippen molar-refractivity contribution in [3.05, 3.63) is 64.7 Å². The van der Waals surface area contributed by atoms with E-state index in [1.165, 1.54) is 4.90 Å². The van der Waals surface area contributed by atoms with Crippen molar-refractivity contribution in [1.82, 2.24) is 9.80 Å². The van der Waals surface area contributed by atoms with Crippen LogP contribution in [0.25, 0.3) is 0 Å². The predicted octanol–water partition coefficient (Wildman–Crippen LogP) is 5.04. The third-order valence-electron chi connectivity index (χ3n) is 7.95. The number of carbonyl (C=O) groups is 3. The van der Waals surface area contributed by atoms with Gasteiger partial charge in [-0.25, -0.2) is 0 Å². The Morgan fingerprint density at radius 1 is 1.03 bits per heavy atom. The molecule has 2 atom stereocenters. The summed E-state index contributed by atoms with van der Waals surface area (Å²) in [5.41, 5.74) is 0.263. The fraction of sp³-hybridized carbons (Fsp3) is 0.464. The van der Waals surface area contributed by atoms with Crippen LogP contribution < -0.4 is 4.74 Å². The highest BCUT2D eigenvalue weighted by molar-refractivity contribution is 6.32. The highest BCUT2D eigenvalue weighted by Gasteiger charge is 2.57. The van der Waals surface area contributed by atoms with Crippen LogP contribution in [0.3, 0.4) is 0 Å². The first-order chi connectivity index (χ1) is 17.0. The number of ether oxygens (including phenoxy) is 1. The molecule has 5 rings (SSSR count). The van der Waals surface area contributed by atoms with Crippen LogP contribution in [0.5, 0.6) is 5.75 Å². The number of hydrogen-bond acceptors (Lipinski definition) is 4. The maximum absolute atomic E-state index is 14.0. The largest absolute Gasteiger partial charge is 0.496 e. The molecule has 1 saturated carbocycles. The van der Waals surface area contributed by atoms with Crippen LogP contribution in [-0.2, 0) is 19.8 Å². The lowest BCUT2D eigenvalue weighted by molar-refractivity contribution is -0.145. The molecule has 35 heavy (non-hydrogen) atoms. The Hall–Kier alpha value is -2.86. The van der Waals surface area contributed by atoms with Crippen molar-refractivity contribution in [1.29, 1.82) is 0 Å². The van der Waals surface area contributed by atoms with E-state index in [2.05, 4.69) is 0 Å². The molecule has 2 heterocycles. The molecule has 2 aromatic rings. The lowest BCUT2D eigenvalue weighted by Gasteiger charge is -2.33. The molecule has 0 N–H and O–H groups in total. The zero-order valence-corrected chi connectivity index (χ0v) is 20.8. The SMILES string of the molecule is COc1ccccc1C1CCCN1C(=O)CC1(c2ccccc2Cl)CC(=O)N(C2CCCC2)C1=O. The molecular formula is C28H31ClN2O4. The zero-order chi connectivity index (χ0) is 24.6. The average Bonchev–Trinajstić information content (AvgIpc) is 3.60. The van der Waals surface area contributed by atoms with E-state index in [0.717, 1.165) is 49.8 Å². The molecular weight excluding hydrogens is 464 g/mol. The van der Waals surface area contributed by atoms with Gasteiger partial charge in [0.05, 0.1) is 18.6 Å². The first-order valence-corrected chi connectivity index (χ1v) is 12.9. The van der Waals surface area contributed by atoms with Crippen LogP contribution in [0.1, 0.15) is 68.5 Å². The molecule has 0 aromatic heterocycles. The summed E-state index contributed by atoms with van der Waals surface area (Å²) < 4.78 is 5.57. The van der Waals surface area contributed by atoms with Gasteiger partial charge in [-0.2, -0.15) is 0 Å². The number of amides is 3. The van der Waals surface area contributed by atoms with Crippen molar-refractivity contribution >= 4 is 29.3 Å². The van der Waals surface area contributed by atoms with Gasteiger partial charge < -0.3 is 9.64 Å². The summed E-state index contributed by atoms with van der Waals surface area (Å²) in [6, 6.07) is 14.7. The van der Waals surface area contributed by atoms with Crippen molar-refractivity contribution in [2.24, 2.45) is 0 Å². The molecule has 2 saturated heterocycles. The molecule has 3 aliphatic rings. The van der Waals surface area contributed by atoms with Gasteiger partial charge in [0.2, 0.25) is 17.7 Å².